The third kappa shape index (κ3) is 4.05. The summed E-state index contributed by atoms with van der Waals surface area (Å²) in [6, 6.07) is 6.35. The highest BCUT2D eigenvalue weighted by Gasteiger charge is 2.29. The zero-order valence-corrected chi connectivity index (χ0v) is 14.7. The molecule has 8 nitrogen and oxygen atoms in total. The van der Waals surface area contributed by atoms with Gasteiger partial charge in [0.25, 0.3) is 5.91 Å². The van der Waals surface area contributed by atoms with Crippen molar-refractivity contribution >= 4 is 15.9 Å². The highest BCUT2D eigenvalue weighted by Crippen LogP contribution is 2.23. The molecule has 1 amide bonds. The molecule has 1 aliphatic rings. The molecule has 1 N–H and O–H groups in total. The Labute approximate surface area is 146 Å². The van der Waals surface area contributed by atoms with Gasteiger partial charge >= 0.3 is 0 Å². The summed E-state index contributed by atoms with van der Waals surface area (Å²) in [6.07, 6.45) is 5.72. The molecule has 2 aromatic rings. The minimum absolute atomic E-state index is 0.0650. The van der Waals surface area contributed by atoms with E-state index in [1.165, 1.54) is 16.7 Å². The van der Waals surface area contributed by atoms with Crippen LogP contribution >= 0.6 is 0 Å². The van der Waals surface area contributed by atoms with E-state index >= 15 is 0 Å². The number of hydrogen-bond acceptors (Lipinski definition) is 5. The van der Waals surface area contributed by atoms with E-state index in [4.69, 9.17) is 0 Å². The second-order valence-electron chi connectivity index (χ2n) is 5.88. The molecule has 1 aliphatic heterocycles. The molecule has 1 saturated heterocycles. The fraction of sp³-hybridized carbons (Fsp3) is 0.438. The lowest BCUT2D eigenvalue weighted by Gasteiger charge is -2.26. The van der Waals surface area contributed by atoms with E-state index in [1.54, 1.807) is 29.2 Å². The number of piperidine rings is 1. The van der Waals surface area contributed by atoms with Gasteiger partial charge in [-0.3, -0.25) is 9.48 Å². The Hall–Kier alpha value is -2.26. The molecule has 0 unspecified atom stereocenters. The average Bonchev–Trinajstić information content (AvgIpc) is 3.16. The molecule has 134 valence electrons. The van der Waals surface area contributed by atoms with Crippen molar-refractivity contribution in [3.63, 3.8) is 0 Å². The summed E-state index contributed by atoms with van der Waals surface area (Å²) in [4.78, 5) is 16.4. The van der Waals surface area contributed by atoms with Crippen LogP contribution in [0, 0.1) is 0 Å². The maximum atomic E-state index is 12.9. The third-order valence-electron chi connectivity index (χ3n) is 4.16. The fourth-order valence-electron chi connectivity index (χ4n) is 2.85. The second kappa shape index (κ2) is 7.75. The Morgan fingerprint density at radius 2 is 1.92 bits per heavy atom. The van der Waals surface area contributed by atoms with Crippen molar-refractivity contribution in [3.05, 3.63) is 42.5 Å². The second-order valence-corrected chi connectivity index (χ2v) is 7.78. The zero-order valence-electron chi connectivity index (χ0n) is 13.8. The molecule has 0 aliphatic carbocycles. The van der Waals surface area contributed by atoms with Crippen LogP contribution in [-0.4, -0.2) is 53.0 Å². The first-order valence-electron chi connectivity index (χ1n) is 8.29. The predicted octanol–water partition coefficient (Wildman–Crippen LogP) is 0.883. The first-order chi connectivity index (χ1) is 12.1. The topological polar surface area (TPSA) is 97.2 Å². The number of carbonyl (C=O) groups excluding carboxylic acids is 1. The molecular weight excluding hydrogens is 342 g/mol. The maximum Gasteiger partial charge on any atom is 0.252 e. The van der Waals surface area contributed by atoms with Crippen LogP contribution in [0.3, 0.4) is 0 Å². The Morgan fingerprint density at radius 1 is 1.16 bits per heavy atom. The van der Waals surface area contributed by atoms with E-state index in [1.807, 2.05) is 0 Å². The number of rotatable bonds is 6. The fourth-order valence-corrected chi connectivity index (χ4v) is 4.56. The lowest BCUT2D eigenvalue weighted by Crippen LogP contribution is -2.37. The van der Waals surface area contributed by atoms with Gasteiger partial charge in [0.2, 0.25) is 10.0 Å². The highest BCUT2D eigenvalue weighted by molar-refractivity contribution is 7.89. The molecule has 0 spiro atoms. The van der Waals surface area contributed by atoms with Crippen molar-refractivity contribution < 1.29 is 13.2 Å². The normalized spacial score (nSPS) is 15.8. The van der Waals surface area contributed by atoms with E-state index in [0.717, 1.165) is 19.3 Å². The molecule has 1 fully saturated rings. The Bertz CT molecular complexity index is 814. The first-order valence-corrected chi connectivity index (χ1v) is 9.73. The number of sulfonamides is 1. The molecule has 0 bridgehead atoms. The van der Waals surface area contributed by atoms with Gasteiger partial charge in [0.05, 0.1) is 17.0 Å². The van der Waals surface area contributed by atoms with Crippen molar-refractivity contribution in [2.24, 2.45) is 0 Å². The van der Waals surface area contributed by atoms with Crippen LogP contribution in [0.1, 0.15) is 29.6 Å². The van der Waals surface area contributed by atoms with Gasteiger partial charge in [-0.05, 0) is 25.0 Å². The average molecular weight is 363 g/mol. The standard InChI is InChI=1S/C16H21N5O3S/c22-16(18-8-11-20-13-17-12-19-20)14-6-2-3-7-15(14)25(23,24)21-9-4-1-5-10-21/h2-3,6-7,12-13H,1,4-5,8-11H2,(H,18,22). The van der Waals surface area contributed by atoms with Gasteiger partial charge in [-0.2, -0.15) is 9.40 Å². The van der Waals surface area contributed by atoms with Crippen molar-refractivity contribution in [2.75, 3.05) is 19.6 Å². The van der Waals surface area contributed by atoms with Gasteiger partial charge in [0.15, 0.2) is 0 Å². The summed E-state index contributed by atoms with van der Waals surface area (Å²) in [5.41, 5.74) is 0.173. The first kappa shape index (κ1) is 17.6. The summed E-state index contributed by atoms with van der Waals surface area (Å²) in [5.74, 6) is -0.406. The van der Waals surface area contributed by atoms with Crippen molar-refractivity contribution in [2.45, 2.75) is 30.7 Å². The zero-order chi connectivity index (χ0) is 17.7. The lowest BCUT2D eigenvalue weighted by atomic mass is 10.2. The summed E-state index contributed by atoms with van der Waals surface area (Å²) in [5, 5.41) is 6.70. The predicted molar refractivity (Wildman–Crippen MR) is 91.4 cm³/mol. The van der Waals surface area contributed by atoms with Crippen LogP contribution < -0.4 is 5.32 Å². The quantitative estimate of drug-likeness (QED) is 0.822. The summed E-state index contributed by atoms with van der Waals surface area (Å²) < 4.78 is 28.9. The number of amides is 1. The van der Waals surface area contributed by atoms with Crippen LogP contribution in [0.5, 0.6) is 0 Å². The van der Waals surface area contributed by atoms with Gasteiger partial charge < -0.3 is 5.32 Å². The number of hydrogen-bond donors (Lipinski definition) is 1. The van der Waals surface area contributed by atoms with Gasteiger partial charge in [-0.15, -0.1) is 0 Å². The van der Waals surface area contributed by atoms with Gasteiger partial charge in [0, 0.05) is 19.6 Å². The van der Waals surface area contributed by atoms with Gasteiger partial charge in [-0.25, -0.2) is 13.4 Å². The summed E-state index contributed by atoms with van der Waals surface area (Å²) in [6.45, 7) is 1.81. The number of nitrogens with one attached hydrogen (secondary N) is 1. The molecule has 9 heteroatoms. The molecule has 3 rings (SSSR count). The Kier molecular flexibility index (Phi) is 5.44. The van der Waals surface area contributed by atoms with Crippen LogP contribution in [0.2, 0.25) is 0 Å². The van der Waals surface area contributed by atoms with Crippen LogP contribution in [-0.2, 0) is 16.6 Å². The number of benzene rings is 1. The molecular formula is C16H21N5O3S. The molecule has 0 saturated carbocycles. The largest absolute Gasteiger partial charge is 0.350 e. The monoisotopic (exact) mass is 363 g/mol. The van der Waals surface area contributed by atoms with E-state index in [0.29, 0.717) is 26.2 Å². The van der Waals surface area contributed by atoms with E-state index in [-0.39, 0.29) is 10.5 Å². The smallest absolute Gasteiger partial charge is 0.252 e. The number of carbonyl (C=O) groups is 1. The minimum Gasteiger partial charge on any atom is -0.350 e. The summed E-state index contributed by atoms with van der Waals surface area (Å²) in [7, 11) is -3.66. The van der Waals surface area contributed by atoms with E-state index in [2.05, 4.69) is 15.4 Å². The SMILES string of the molecule is O=C(NCCn1cncn1)c1ccccc1S(=O)(=O)N1CCCCC1. The molecule has 25 heavy (non-hydrogen) atoms. The number of nitrogens with zero attached hydrogens (tertiary/aromatic N) is 4. The number of aromatic nitrogens is 3. The van der Waals surface area contributed by atoms with Crippen LogP contribution in [0.15, 0.2) is 41.8 Å². The van der Waals surface area contributed by atoms with Gasteiger partial charge in [0.1, 0.15) is 12.7 Å². The lowest BCUT2D eigenvalue weighted by molar-refractivity contribution is 0.0948. The van der Waals surface area contributed by atoms with Crippen molar-refractivity contribution in [1.29, 1.82) is 0 Å². The molecule has 0 atom stereocenters. The molecule has 1 aromatic carbocycles. The summed E-state index contributed by atoms with van der Waals surface area (Å²) >= 11 is 0. The molecule has 0 radical (unpaired) electrons. The van der Waals surface area contributed by atoms with Gasteiger partial charge in [-0.1, -0.05) is 18.6 Å². The Balaban J connectivity index is 1.74. The molecule has 1 aromatic heterocycles. The minimum atomic E-state index is -3.66. The van der Waals surface area contributed by atoms with Crippen molar-refractivity contribution in [3.8, 4) is 0 Å². The van der Waals surface area contributed by atoms with Crippen LogP contribution in [0.4, 0.5) is 0 Å². The van der Waals surface area contributed by atoms with Crippen molar-refractivity contribution in [1.82, 2.24) is 24.4 Å². The van der Waals surface area contributed by atoms with E-state index < -0.39 is 15.9 Å². The molecule has 2 heterocycles. The third-order valence-corrected chi connectivity index (χ3v) is 6.11. The van der Waals surface area contributed by atoms with Crippen LogP contribution in [0.25, 0.3) is 0 Å². The highest BCUT2D eigenvalue weighted by atomic mass is 32.2. The Morgan fingerprint density at radius 3 is 2.64 bits per heavy atom. The maximum absolute atomic E-state index is 12.9. The van der Waals surface area contributed by atoms with E-state index in [9.17, 15) is 13.2 Å².